The molecule has 29 heavy (non-hydrogen) atoms. The molecule has 0 unspecified atom stereocenters. The maximum atomic E-state index is 12.5. The third-order valence-corrected chi connectivity index (χ3v) is 5.66. The van der Waals surface area contributed by atoms with E-state index in [1.165, 1.54) is 17.5 Å². The third-order valence-electron chi connectivity index (χ3n) is 5.66. The molecule has 1 aliphatic carbocycles. The van der Waals surface area contributed by atoms with Gasteiger partial charge in [0.15, 0.2) is 11.5 Å². The van der Waals surface area contributed by atoms with Gasteiger partial charge in [0, 0.05) is 18.2 Å². The van der Waals surface area contributed by atoms with Crippen LogP contribution >= 0.6 is 0 Å². The minimum atomic E-state index is -0.0251. The number of benzene rings is 2. The predicted octanol–water partition coefficient (Wildman–Crippen LogP) is 4.26. The minimum Gasteiger partial charge on any atom is -0.490 e. The summed E-state index contributed by atoms with van der Waals surface area (Å²) in [5.74, 6) is 1.88. The topological polar surface area (TPSA) is 59.6 Å². The first-order chi connectivity index (χ1) is 14.1. The van der Waals surface area contributed by atoms with Gasteiger partial charge in [-0.25, -0.2) is 0 Å². The Morgan fingerprint density at radius 1 is 0.966 bits per heavy atom. The molecular formula is C24H30N2O3. The second-order valence-electron chi connectivity index (χ2n) is 8.24. The van der Waals surface area contributed by atoms with E-state index in [1.54, 1.807) is 0 Å². The molecule has 1 heterocycles. The smallest absolute Gasteiger partial charge is 0.238 e. The van der Waals surface area contributed by atoms with Gasteiger partial charge in [-0.3, -0.25) is 4.79 Å². The van der Waals surface area contributed by atoms with Crippen LogP contribution < -0.4 is 20.1 Å². The van der Waals surface area contributed by atoms with Gasteiger partial charge in [0.1, 0.15) is 0 Å². The summed E-state index contributed by atoms with van der Waals surface area (Å²) >= 11 is 0. The van der Waals surface area contributed by atoms with Gasteiger partial charge >= 0.3 is 0 Å². The molecule has 0 saturated heterocycles. The summed E-state index contributed by atoms with van der Waals surface area (Å²) in [4.78, 5) is 12.5. The maximum Gasteiger partial charge on any atom is 0.238 e. The molecule has 0 saturated carbocycles. The van der Waals surface area contributed by atoms with Crippen molar-refractivity contribution in [2.45, 2.75) is 45.6 Å². The van der Waals surface area contributed by atoms with E-state index < -0.39 is 0 Å². The zero-order valence-corrected chi connectivity index (χ0v) is 17.3. The van der Waals surface area contributed by atoms with Gasteiger partial charge < -0.3 is 20.1 Å². The molecule has 2 aromatic carbocycles. The van der Waals surface area contributed by atoms with Gasteiger partial charge in [-0.05, 0) is 66.1 Å². The van der Waals surface area contributed by atoms with Crippen molar-refractivity contribution in [1.29, 1.82) is 0 Å². The van der Waals surface area contributed by atoms with Crippen LogP contribution in [0.1, 0.15) is 49.4 Å². The van der Waals surface area contributed by atoms with Gasteiger partial charge in [-0.1, -0.05) is 26.0 Å². The number of hydrogen-bond donors (Lipinski definition) is 2. The second kappa shape index (κ2) is 8.87. The fourth-order valence-electron chi connectivity index (χ4n) is 4.17. The van der Waals surface area contributed by atoms with Crippen molar-refractivity contribution in [2.24, 2.45) is 5.92 Å². The number of carbonyl (C=O) groups excluding carboxylic acids is 1. The summed E-state index contributed by atoms with van der Waals surface area (Å²) < 4.78 is 11.6. The molecule has 5 heteroatoms. The maximum absolute atomic E-state index is 12.5. The fraction of sp³-hybridized carbons (Fsp3) is 0.458. The number of anilines is 1. The highest BCUT2D eigenvalue weighted by atomic mass is 16.5. The summed E-state index contributed by atoms with van der Waals surface area (Å²) in [5.41, 5.74) is 4.77. The first-order valence-corrected chi connectivity index (χ1v) is 10.6. The summed E-state index contributed by atoms with van der Waals surface area (Å²) in [6.07, 6.45) is 4.35. The van der Waals surface area contributed by atoms with Crippen molar-refractivity contribution in [3.63, 3.8) is 0 Å². The second-order valence-corrected chi connectivity index (χ2v) is 8.24. The first-order valence-electron chi connectivity index (χ1n) is 10.6. The van der Waals surface area contributed by atoms with Gasteiger partial charge in [0.2, 0.25) is 5.91 Å². The van der Waals surface area contributed by atoms with Crippen molar-refractivity contribution in [3.05, 3.63) is 53.1 Å². The molecule has 1 aliphatic heterocycles. The van der Waals surface area contributed by atoms with E-state index in [0.717, 1.165) is 42.0 Å². The van der Waals surface area contributed by atoms with E-state index in [2.05, 4.69) is 42.7 Å². The highest BCUT2D eigenvalue weighted by Gasteiger charge is 2.20. The summed E-state index contributed by atoms with van der Waals surface area (Å²) in [5, 5.41) is 6.45. The van der Waals surface area contributed by atoms with E-state index in [-0.39, 0.29) is 18.5 Å². The Morgan fingerprint density at radius 3 is 2.59 bits per heavy atom. The van der Waals surface area contributed by atoms with Crippen LogP contribution in [0.25, 0.3) is 0 Å². The zero-order valence-electron chi connectivity index (χ0n) is 17.3. The van der Waals surface area contributed by atoms with Crippen LogP contribution in [0.2, 0.25) is 0 Å². The molecule has 2 N–H and O–H groups in total. The van der Waals surface area contributed by atoms with Crippen LogP contribution in [0, 0.1) is 5.92 Å². The predicted molar refractivity (Wildman–Crippen MR) is 115 cm³/mol. The number of ether oxygens (including phenoxy) is 2. The molecule has 1 amide bonds. The molecule has 4 rings (SSSR count). The number of fused-ring (bicyclic) bond motifs is 2. The first kappa shape index (κ1) is 19.8. The summed E-state index contributed by atoms with van der Waals surface area (Å²) in [7, 11) is 0. The molecule has 2 aliphatic rings. The summed E-state index contributed by atoms with van der Waals surface area (Å²) in [6.45, 7) is 5.91. The minimum absolute atomic E-state index is 0.0251. The van der Waals surface area contributed by atoms with E-state index >= 15 is 0 Å². The standard InChI is InChI=1S/C24H30N2O3/c1-16(2)24(19-8-10-21-22(14-19)29-12-4-11-28-21)25-15-23(27)26-20-9-7-17-5-3-6-18(17)13-20/h7-10,13-14,16,24-25H,3-6,11-12,15H2,1-2H3,(H,26,27)/t24-/m1/s1. The van der Waals surface area contributed by atoms with Crippen LogP contribution in [0.4, 0.5) is 5.69 Å². The molecule has 0 spiro atoms. The van der Waals surface area contributed by atoms with Gasteiger partial charge in [-0.2, -0.15) is 0 Å². The van der Waals surface area contributed by atoms with Crippen LogP contribution in [-0.2, 0) is 17.6 Å². The lowest BCUT2D eigenvalue weighted by atomic mass is 9.95. The lowest BCUT2D eigenvalue weighted by molar-refractivity contribution is -0.115. The molecule has 154 valence electrons. The normalized spacial score (nSPS) is 16.2. The van der Waals surface area contributed by atoms with E-state index in [4.69, 9.17) is 9.47 Å². The summed E-state index contributed by atoms with van der Waals surface area (Å²) in [6, 6.07) is 12.4. The largest absolute Gasteiger partial charge is 0.490 e. The number of hydrogen-bond acceptors (Lipinski definition) is 4. The van der Waals surface area contributed by atoms with E-state index in [9.17, 15) is 4.79 Å². The van der Waals surface area contributed by atoms with Crippen molar-refractivity contribution < 1.29 is 14.3 Å². The number of carbonyl (C=O) groups is 1. The van der Waals surface area contributed by atoms with Crippen LogP contribution in [-0.4, -0.2) is 25.7 Å². The Bertz CT molecular complexity index is 878. The van der Waals surface area contributed by atoms with Crippen molar-refractivity contribution in [2.75, 3.05) is 25.1 Å². The lowest BCUT2D eigenvalue weighted by Gasteiger charge is -2.24. The SMILES string of the molecule is CC(C)[C@@H](NCC(=O)Nc1ccc2c(c1)CCC2)c1ccc2c(c1)OCCCO2. The Hall–Kier alpha value is -2.53. The number of amides is 1. The van der Waals surface area contributed by atoms with Crippen LogP contribution in [0.15, 0.2) is 36.4 Å². The quantitative estimate of drug-likeness (QED) is 0.769. The molecule has 0 radical (unpaired) electrons. The Balaban J connectivity index is 1.39. The van der Waals surface area contributed by atoms with Crippen LogP contribution in [0.5, 0.6) is 11.5 Å². The highest BCUT2D eigenvalue weighted by molar-refractivity contribution is 5.92. The average Bonchev–Trinajstić information content (AvgIpc) is 3.04. The average molecular weight is 395 g/mol. The zero-order chi connectivity index (χ0) is 20.2. The lowest BCUT2D eigenvalue weighted by Crippen LogP contribution is -2.33. The van der Waals surface area contributed by atoms with E-state index in [1.807, 2.05) is 18.2 Å². The third kappa shape index (κ3) is 4.73. The monoisotopic (exact) mass is 394 g/mol. The molecule has 0 aromatic heterocycles. The molecule has 1 atom stereocenters. The number of nitrogens with one attached hydrogen (secondary N) is 2. The van der Waals surface area contributed by atoms with Crippen molar-refractivity contribution >= 4 is 11.6 Å². The fourth-order valence-corrected chi connectivity index (χ4v) is 4.17. The van der Waals surface area contributed by atoms with Crippen molar-refractivity contribution in [3.8, 4) is 11.5 Å². The molecule has 0 bridgehead atoms. The number of rotatable bonds is 6. The van der Waals surface area contributed by atoms with E-state index in [0.29, 0.717) is 19.1 Å². The molecule has 0 fully saturated rings. The van der Waals surface area contributed by atoms with Gasteiger partial charge in [0.05, 0.1) is 19.8 Å². The molecular weight excluding hydrogens is 364 g/mol. The Kier molecular flexibility index (Phi) is 6.05. The van der Waals surface area contributed by atoms with Gasteiger partial charge in [-0.15, -0.1) is 0 Å². The van der Waals surface area contributed by atoms with Crippen molar-refractivity contribution in [1.82, 2.24) is 5.32 Å². The van der Waals surface area contributed by atoms with Gasteiger partial charge in [0.25, 0.3) is 0 Å². The molecule has 5 nitrogen and oxygen atoms in total. The van der Waals surface area contributed by atoms with Crippen LogP contribution in [0.3, 0.4) is 0 Å². The molecule has 2 aromatic rings. The Labute approximate surface area is 172 Å². The highest BCUT2D eigenvalue weighted by Crippen LogP contribution is 2.34. The number of aryl methyl sites for hydroxylation is 2. The Morgan fingerprint density at radius 2 is 1.76 bits per heavy atom.